The van der Waals surface area contributed by atoms with Crippen molar-refractivity contribution in [2.75, 3.05) is 57.9 Å². The van der Waals surface area contributed by atoms with Crippen molar-refractivity contribution in [1.29, 1.82) is 0 Å². The van der Waals surface area contributed by atoms with E-state index in [-0.39, 0.29) is 5.91 Å². The van der Waals surface area contributed by atoms with E-state index in [0.717, 1.165) is 38.4 Å². The molecule has 0 aliphatic carbocycles. The number of carbonyl (C=O) groups is 1. The van der Waals surface area contributed by atoms with Gasteiger partial charge < -0.3 is 15.0 Å². The zero-order valence-electron chi connectivity index (χ0n) is 12.6. The van der Waals surface area contributed by atoms with Crippen LogP contribution >= 0.6 is 0 Å². The van der Waals surface area contributed by atoms with Gasteiger partial charge in [0.25, 0.3) is 0 Å². The number of anilines is 1. The molecule has 2 rings (SSSR count). The van der Waals surface area contributed by atoms with Crippen LogP contribution in [-0.2, 0) is 9.53 Å². The van der Waals surface area contributed by atoms with Crippen LogP contribution in [0.15, 0.2) is 24.4 Å². The second-order valence-electron chi connectivity index (χ2n) is 5.15. The van der Waals surface area contributed by atoms with E-state index < -0.39 is 0 Å². The van der Waals surface area contributed by atoms with E-state index in [1.54, 1.807) is 7.11 Å². The molecule has 2 heterocycles. The van der Waals surface area contributed by atoms with Crippen LogP contribution in [0.1, 0.15) is 6.42 Å². The Labute approximate surface area is 126 Å². The summed E-state index contributed by atoms with van der Waals surface area (Å²) >= 11 is 0. The zero-order chi connectivity index (χ0) is 14.9. The molecular weight excluding hydrogens is 268 g/mol. The van der Waals surface area contributed by atoms with Crippen LogP contribution < -0.4 is 10.2 Å². The number of methoxy groups -OCH3 is 1. The van der Waals surface area contributed by atoms with Crippen LogP contribution in [0.5, 0.6) is 0 Å². The van der Waals surface area contributed by atoms with Crippen molar-refractivity contribution in [2.24, 2.45) is 0 Å². The van der Waals surface area contributed by atoms with E-state index in [1.807, 2.05) is 24.4 Å². The van der Waals surface area contributed by atoms with E-state index in [4.69, 9.17) is 4.74 Å². The normalized spacial score (nSPS) is 16.0. The average Bonchev–Trinajstić information content (AvgIpc) is 2.53. The molecule has 6 heteroatoms. The molecule has 0 aromatic carbocycles. The Hall–Kier alpha value is -1.66. The number of rotatable bonds is 7. The molecule has 1 aromatic heterocycles. The lowest BCUT2D eigenvalue weighted by molar-refractivity contribution is -0.122. The first-order chi connectivity index (χ1) is 10.3. The SMILES string of the molecule is COCCCNC(=O)CN1CCN(c2ccccn2)CC1. The van der Waals surface area contributed by atoms with Gasteiger partial charge in [-0.15, -0.1) is 0 Å². The predicted octanol–water partition coefficient (Wildman–Crippen LogP) is 0.356. The maximum atomic E-state index is 11.8. The molecule has 0 spiro atoms. The van der Waals surface area contributed by atoms with Gasteiger partial charge in [0.1, 0.15) is 5.82 Å². The Balaban J connectivity index is 1.66. The Morgan fingerprint density at radius 3 is 2.81 bits per heavy atom. The summed E-state index contributed by atoms with van der Waals surface area (Å²) in [4.78, 5) is 20.6. The molecule has 1 saturated heterocycles. The average molecular weight is 292 g/mol. The fraction of sp³-hybridized carbons (Fsp3) is 0.600. The third-order valence-electron chi connectivity index (χ3n) is 3.56. The maximum Gasteiger partial charge on any atom is 0.234 e. The standard InChI is InChI=1S/C15H24N4O2/c1-21-12-4-7-17-15(20)13-18-8-10-19(11-9-18)14-5-2-3-6-16-14/h2-3,5-6H,4,7-13H2,1H3,(H,17,20). The Kier molecular flexibility index (Phi) is 6.43. The number of pyridine rings is 1. The van der Waals surface area contributed by atoms with Crippen LogP contribution in [0.4, 0.5) is 5.82 Å². The summed E-state index contributed by atoms with van der Waals surface area (Å²) in [6.07, 6.45) is 2.67. The second kappa shape index (κ2) is 8.59. The Morgan fingerprint density at radius 1 is 1.33 bits per heavy atom. The molecule has 1 aliphatic heterocycles. The highest BCUT2D eigenvalue weighted by molar-refractivity contribution is 5.78. The molecule has 1 amide bonds. The van der Waals surface area contributed by atoms with E-state index >= 15 is 0 Å². The number of amides is 1. The Morgan fingerprint density at radius 2 is 2.14 bits per heavy atom. The molecule has 1 aromatic rings. The van der Waals surface area contributed by atoms with Crippen LogP contribution in [0.25, 0.3) is 0 Å². The fourth-order valence-corrected chi connectivity index (χ4v) is 2.38. The lowest BCUT2D eigenvalue weighted by atomic mass is 10.3. The van der Waals surface area contributed by atoms with Crippen molar-refractivity contribution in [2.45, 2.75) is 6.42 Å². The molecule has 21 heavy (non-hydrogen) atoms. The van der Waals surface area contributed by atoms with Gasteiger partial charge in [0, 0.05) is 52.6 Å². The van der Waals surface area contributed by atoms with Crippen molar-refractivity contribution < 1.29 is 9.53 Å². The minimum absolute atomic E-state index is 0.0948. The van der Waals surface area contributed by atoms with Gasteiger partial charge in [0.2, 0.25) is 5.91 Å². The van der Waals surface area contributed by atoms with Gasteiger partial charge in [0.15, 0.2) is 0 Å². The number of nitrogens with one attached hydrogen (secondary N) is 1. The van der Waals surface area contributed by atoms with Crippen LogP contribution in [0.3, 0.4) is 0 Å². The molecule has 0 unspecified atom stereocenters. The first-order valence-corrected chi connectivity index (χ1v) is 7.43. The minimum Gasteiger partial charge on any atom is -0.385 e. The summed E-state index contributed by atoms with van der Waals surface area (Å²) in [6, 6.07) is 5.95. The number of aromatic nitrogens is 1. The fourth-order valence-electron chi connectivity index (χ4n) is 2.38. The van der Waals surface area contributed by atoms with Gasteiger partial charge in [-0.3, -0.25) is 9.69 Å². The van der Waals surface area contributed by atoms with E-state index in [1.165, 1.54) is 0 Å². The lowest BCUT2D eigenvalue weighted by Crippen LogP contribution is -2.49. The summed E-state index contributed by atoms with van der Waals surface area (Å²) in [6.45, 7) is 5.44. The molecule has 6 nitrogen and oxygen atoms in total. The predicted molar refractivity (Wildman–Crippen MR) is 82.4 cm³/mol. The van der Waals surface area contributed by atoms with Crippen LogP contribution in [0, 0.1) is 0 Å². The third kappa shape index (κ3) is 5.32. The van der Waals surface area contributed by atoms with Gasteiger partial charge >= 0.3 is 0 Å². The molecule has 1 N–H and O–H groups in total. The van der Waals surface area contributed by atoms with Crippen molar-refractivity contribution in [3.63, 3.8) is 0 Å². The molecule has 0 radical (unpaired) electrons. The molecule has 0 atom stereocenters. The van der Waals surface area contributed by atoms with Crippen molar-refractivity contribution in [3.05, 3.63) is 24.4 Å². The number of hydrogen-bond donors (Lipinski definition) is 1. The Bertz CT molecular complexity index is 419. The molecule has 1 fully saturated rings. The topological polar surface area (TPSA) is 57.7 Å². The van der Waals surface area contributed by atoms with E-state index in [2.05, 4.69) is 20.1 Å². The highest BCUT2D eigenvalue weighted by Gasteiger charge is 2.19. The summed E-state index contributed by atoms with van der Waals surface area (Å²) < 4.78 is 4.95. The van der Waals surface area contributed by atoms with Crippen molar-refractivity contribution >= 4 is 11.7 Å². The summed E-state index contributed by atoms with van der Waals surface area (Å²) in [5, 5.41) is 2.92. The summed E-state index contributed by atoms with van der Waals surface area (Å²) in [5.74, 6) is 1.11. The number of nitrogens with zero attached hydrogens (tertiary/aromatic N) is 3. The van der Waals surface area contributed by atoms with Gasteiger partial charge in [-0.25, -0.2) is 4.98 Å². The number of carbonyl (C=O) groups excluding carboxylic acids is 1. The minimum atomic E-state index is 0.0948. The summed E-state index contributed by atoms with van der Waals surface area (Å²) in [5.41, 5.74) is 0. The highest BCUT2D eigenvalue weighted by atomic mass is 16.5. The maximum absolute atomic E-state index is 11.8. The van der Waals surface area contributed by atoms with Crippen LogP contribution in [-0.4, -0.2) is 68.8 Å². The van der Waals surface area contributed by atoms with Crippen molar-refractivity contribution in [3.8, 4) is 0 Å². The number of piperazine rings is 1. The first kappa shape index (κ1) is 15.7. The smallest absolute Gasteiger partial charge is 0.234 e. The first-order valence-electron chi connectivity index (χ1n) is 7.43. The monoisotopic (exact) mass is 292 g/mol. The zero-order valence-corrected chi connectivity index (χ0v) is 12.6. The third-order valence-corrected chi connectivity index (χ3v) is 3.56. The van der Waals surface area contributed by atoms with E-state index in [9.17, 15) is 4.79 Å². The van der Waals surface area contributed by atoms with E-state index in [0.29, 0.717) is 19.7 Å². The largest absolute Gasteiger partial charge is 0.385 e. The highest BCUT2D eigenvalue weighted by Crippen LogP contribution is 2.12. The van der Waals surface area contributed by atoms with Gasteiger partial charge in [-0.1, -0.05) is 6.07 Å². The van der Waals surface area contributed by atoms with Gasteiger partial charge in [0.05, 0.1) is 6.54 Å². The lowest BCUT2D eigenvalue weighted by Gasteiger charge is -2.34. The molecular formula is C15H24N4O2. The van der Waals surface area contributed by atoms with Crippen molar-refractivity contribution in [1.82, 2.24) is 15.2 Å². The van der Waals surface area contributed by atoms with Crippen LogP contribution in [0.2, 0.25) is 0 Å². The second-order valence-corrected chi connectivity index (χ2v) is 5.15. The quantitative estimate of drug-likeness (QED) is 0.735. The van der Waals surface area contributed by atoms with Gasteiger partial charge in [-0.05, 0) is 18.6 Å². The number of hydrogen-bond acceptors (Lipinski definition) is 5. The summed E-state index contributed by atoms with van der Waals surface area (Å²) in [7, 11) is 1.67. The van der Waals surface area contributed by atoms with Gasteiger partial charge in [-0.2, -0.15) is 0 Å². The molecule has 1 aliphatic rings. The molecule has 116 valence electrons. The number of ether oxygens (including phenoxy) is 1. The molecule has 0 saturated carbocycles. The molecule has 0 bridgehead atoms.